The molecule has 5 heteroatoms. The highest BCUT2D eigenvalue weighted by Gasteiger charge is 2.23. The Bertz CT molecular complexity index is 608. The van der Waals surface area contributed by atoms with Gasteiger partial charge in [-0.1, -0.05) is 24.9 Å². The highest BCUT2D eigenvalue weighted by molar-refractivity contribution is 6.31. The Hall–Kier alpha value is -0.770. The minimum Gasteiger partial charge on any atom is -0.301 e. The molecule has 0 saturated carbocycles. The van der Waals surface area contributed by atoms with Gasteiger partial charge >= 0.3 is 0 Å². The van der Waals surface area contributed by atoms with Crippen LogP contribution in [0.1, 0.15) is 26.2 Å². The van der Waals surface area contributed by atoms with Gasteiger partial charge in [0.15, 0.2) is 0 Å². The third kappa shape index (κ3) is 2.80. The van der Waals surface area contributed by atoms with E-state index in [1.54, 1.807) is 0 Å². The molecule has 0 N–H and O–H groups in total. The SMILES string of the molecule is CCCC1CCN(Cn2c(Cl)nc3ccc(Cl)cc32)C1. The molecule has 1 aliphatic rings. The second-order valence-electron chi connectivity index (χ2n) is 5.60. The van der Waals surface area contributed by atoms with Crippen LogP contribution in [0.25, 0.3) is 11.0 Å². The van der Waals surface area contributed by atoms with Crippen LogP contribution in [0.4, 0.5) is 0 Å². The molecule has 0 spiro atoms. The van der Waals surface area contributed by atoms with Gasteiger partial charge in [-0.3, -0.25) is 4.90 Å². The summed E-state index contributed by atoms with van der Waals surface area (Å²) in [6.07, 6.45) is 3.88. The number of imidazole rings is 1. The van der Waals surface area contributed by atoms with Crippen molar-refractivity contribution >= 4 is 34.2 Å². The summed E-state index contributed by atoms with van der Waals surface area (Å²) < 4.78 is 2.05. The molecule has 0 bridgehead atoms. The number of fused-ring (bicyclic) bond motifs is 1. The van der Waals surface area contributed by atoms with Gasteiger partial charge < -0.3 is 4.57 Å². The summed E-state index contributed by atoms with van der Waals surface area (Å²) in [5, 5.41) is 1.27. The van der Waals surface area contributed by atoms with Crippen molar-refractivity contribution in [3.8, 4) is 0 Å². The first-order valence-electron chi connectivity index (χ1n) is 7.21. The maximum atomic E-state index is 6.28. The lowest BCUT2D eigenvalue weighted by Gasteiger charge is -2.17. The molecule has 1 atom stereocenters. The standard InChI is InChI=1S/C15H19Cl2N3/c1-2-3-11-6-7-19(9-11)10-20-14-8-12(16)4-5-13(14)18-15(20)17/h4-5,8,11H,2-3,6-7,9-10H2,1H3. The van der Waals surface area contributed by atoms with E-state index in [0.29, 0.717) is 5.28 Å². The van der Waals surface area contributed by atoms with Crippen molar-refractivity contribution in [3.63, 3.8) is 0 Å². The highest BCUT2D eigenvalue weighted by atomic mass is 35.5. The molecule has 1 unspecified atom stereocenters. The first kappa shape index (κ1) is 14.2. The summed E-state index contributed by atoms with van der Waals surface area (Å²) in [5.74, 6) is 0.831. The van der Waals surface area contributed by atoms with E-state index in [2.05, 4.69) is 21.4 Å². The number of halogens is 2. The van der Waals surface area contributed by atoms with Crippen LogP contribution in [-0.4, -0.2) is 27.5 Å². The molecule has 0 amide bonds. The third-order valence-corrected chi connectivity index (χ3v) is 4.60. The fraction of sp³-hybridized carbons (Fsp3) is 0.533. The third-order valence-electron chi connectivity index (χ3n) is 4.07. The summed E-state index contributed by atoms with van der Waals surface area (Å²) in [5.41, 5.74) is 1.92. The molecule has 0 radical (unpaired) electrons. The van der Waals surface area contributed by atoms with Crippen molar-refractivity contribution in [2.24, 2.45) is 5.92 Å². The summed E-state index contributed by atoms with van der Waals surface area (Å²) in [4.78, 5) is 6.85. The average Bonchev–Trinajstić information content (AvgIpc) is 2.97. The maximum Gasteiger partial charge on any atom is 0.204 e. The predicted octanol–water partition coefficient (Wildman–Crippen LogP) is 4.42. The van der Waals surface area contributed by atoms with Gasteiger partial charge in [0.1, 0.15) is 0 Å². The smallest absolute Gasteiger partial charge is 0.204 e. The number of benzene rings is 1. The summed E-state index contributed by atoms with van der Waals surface area (Å²) in [7, 11) is 0. The van der Waals surface area contributed by atoms with Gasteiger partial charge in [-0.05, 0) is 48.6 Å². The van der Waals surface area contributed by atoms with E-state index in [-0.39, 0.29) is 0 Å². The van der Waals surface area contributed by atoms with Crippen LogP contribution < -0.4 is 0 Å². The molecule has 3 rings (SSSR count). The molecule has 0 aliphatic carbocycles. The van der Waals surface area contributed by atoms with Crippen LogP contribution in [0.15, 0.2) is 18.2 Å². The molecule has 1 aliphatic heterocycles. The Balaban J connectivity index is 1.81. The van der Waals surface area contributed by atoms with Crippen molar-refractivity contribution in [3.05, 3.63) is 28.5 Å². The molecule has 20 heavy (non-hydrogen) atoms. The van der Waals surface area contributed by atoms with Gasteiger partial charge in [-0.2, -0.15) is 0 Å². The number of aromatic nitrogens is 2. The van der Waals surface area contributed by atoms with Crippen LogP contribution in [0.3, 0.4) is 0 Å². The van der Waals surface area contributed by atoms with E-state index >= 15 is 0 Å². The fourth-order valence-corrected chi connectivity index (χ4v) is 3.49. The lowest BCUT2D eigenvalue weighted by atomic mass is 10.0. The Labute approximate surface area is 129 Å². The van der Waals surface area contributed by atoms with Crippen LogP contribution in [0, 0.1) is 5.92 Å². The zero-order valence-corrected chi connectivity index (χ0v) is 13.2. The van der Waals surface area contributed by atoms with E-state index in [4.69, 9.17) is 23.2 Å². The van der Waals surface area contributed by atoms with E-state index in [1.165, 1.54) is 19.3 Å². The molecular weight excluding hydrogens is 293 g/mol. The maximum absolute atomic E-state index is 6.28. The molecular formula is C15H19Cl2N3. The largest absolute Gasteiger partial charge is 0.301 e. The summed E-state index contributed by atoms with van der Waals surface area (Å²) >= 11 is 12.4. The van der Waals surface area contributed by atoms with E-state index < -0.39 is 0 Å². The van der Waals surface area contributed by atoms with Gasteiger partial charge in [-0.25, -0.2) is 4.98 Å². The monoisotopic (exact) mass is 311 g/mol. The normalized spacial score (nSPS) is 20.1. The molecule has 108 valence electrons. The number of nitrogens with zero attached hydrogens (tertiary/aromatic N) is 3. The molecule has 2 aromatic rings. The number of likely N-dealkylation sites (tertiary alicyclic amines) is 1. The fourth-order valence-electron chi connectivity index (χ4n) is 3.09. The van der Waals surface area contributed by atoms with Gasteiger partial charge in [-0.15, -0.1) is 0 Å². The Kier molecular flexibility index (Phi) is 4.20. The Morgan fingerprint density at radius 3 is 3.00 bits per heavy atom. The second kappa shape index (κ2) is 5.92. The Morgan fingerprint density at radius 2 is 2.20 bits per heavy atom. The number of hydrogen-bond acceptors (Lipinski definition) is 2. The van der Waals surface area contributed by atoms with Crippen LogP contribution in [0.5, 0.6) is 0 Å². The van der Waals surface area contributed by atoms with Crippen molar-refractivity contribution in [1.82, 2.24) is 14.5 Å². The zero-order valence-electron chi connectivity index (χ0n) is 11.6. The lowest BCUT2D eigenvalue weighted by molar-refractivity contribution is 0.261. The predicted molar refractivity (Wildman–Crippen MR) is 84.3 cm³/mol. The molecule has 1 aromatic heterocycles. The zero-order chi connectivity index (χ0) is 14.1. The van der Waals surface area contributed by atoms with Crippen molar-refractivity contribution < 1.29 is 0 Å². The number of hydrogen-bond donors (Lipinski definition) is 0. The van der Waals surface area contributed by atoms with Crippen molar-refractivity contribution in [2.75, 3.05) is 13.1 Å². The first-order valence-corrected chi connectivity index (χ1v) is 7.96. The Morgan fingerprint density at radius 1 is 1.35 bits per heavy atom. The van der Waals surface area contributed by atoms with Gasteiger partial charge in [0.25, 0.3) is 0 Å². The average molecular weight is 312 g/mol. The van der Waals surface area contributed by atoms with E-state index in [1.807, 2.05) is 18.2 Å². The lowest BCUT2D eigenvalue weighted by Crippen LogP contribution is -2.24. The number of rotatable bonds is 4. The van der Waals surface area contributed by atoms with Crippen LogP contribution >= 0.6 is 23.2 Å². The van der Waals surface area contributed by atoms with Crippen LogP contribution in [-0.2, 0) is 6.67 Å². The summed E-state index contributed by atoms with van der Waals surface area (Å²) in [6, 6.07) is 5.71. The minimum atomic E-state index is 0.543. The van der Waals surface area contributed by atoms with Gasteiger partial charge in [0.2, 0.25) is 5.28 Å². The molecule has 1 saturated heterocycles. The quantitative estimate of drug-likeness (QED) is 0.833. The minimum absolute atomic E-state index is 0.543. The van der Waals surface area contributed by atoms with Crippen molar-refractivity contribution in [1.29, 1.82) is 0 Å². The van der Waals surface area contributed by atoms with Gasteiger partial charge in [0, 0.05) is 18.1 Å². The molecule has 3 nitrogen and oxygen atoms in total. The van der Waals surface area contributed by atoms with E-state index in [9.17, 15) is 0 Å². The molecule has 2 heterocycles. The topological polar surface area (TPSA) is 21.1 Å². The second-order valence-corrected chi connectivity index (χ2v) is 6.38. The molecule has 1 aromatic carbocycles. The first-order chi connectivity index (χ1) is 9.67. The van der Waals surface area contributed by atoms with Crippen LogP contribution in [0.2, 0.25) is 10.3 Å². The van der Waals surface area contributed by atoms with E-state index in [0.717, 1.165) is 41.7 Å². The van der Waals surface area contributed by atoms with Gasteiger partial charge in [0.05, 0.1) is 17.7 Å². The molecule has 1 fully saturated rings. The summed E-state index contributed by atoms with van der Waals surface area (Å²) in [6.45, 7) is 5.35. The van der Waals surface area contributed by atoms with Crippen molar-refractivity contribution in [2.45, 2.75) is 32.9 Å². The highest BCUT2D eigenvalue weighted by Crippen LogP contribution is 2.26.